The Hall–Kier alpha value is -4.77. The second kappa shape index (κ2) is 13.5. The number of hydrogen-bond donors (Lipinski definition) is 2. The number of nitrogens with one attached hydrogen (secondary N) is 1. The van der Waals surface area contributed by atoms with E-state index in [4.69, 9.17) is 19.2 Å². The van der Waals surface area contributed by atoms with Gasteiger partial charge in [-0.3, -0.25) is 4.90 Å². The molecule has 0 saturated carbocycles. The summed E-state index contributed by atoms with van der Waals surface area (Å²) in [6.07, 6.45) is -2.78. The number of carbonyl (C=O) groups excluding carboxylic acids is 1. The van der Waals surface area contributed by atoms with E-state index < -0.39 is 34.5 Å². The quantitative estimate of drug-likeness (QED) is 0.169. The third-order valence-electron chi connectivity index (χ3n) is 11.5. The van der Waals surface area contributed by atoms with Crippen molar-refractivity contribution in [3.05, 3.63) is 41.5 Å². The first-order valence-corrected chi connectivity index (χ1v) is 18.1. The zero-order valence-corrected chi connectivity index (χ0v) is 30.0. The van der Waals surface area contributed by atoms with E-state index in [1.54, 1.807) is 6.92 Å². The van der Waals surface area contributed by atoms with Crippen LogP contribution in [0.4, 0.5) is 32.6 Å². The third kappa shape index (κ3) is 6.14. The molecule has 4 aliphatic heterocycles. The highest BCUT2D eigenvalue weighted by Gasteiger charge is 2.51. The van der Waals surface area contributed by atoms with Gasteiger partial charge in [0, 0.05) is 37.8 Å². The monoisotopic (exact) mass is 757 g/mol. The molecule has 0 radical (unpaired) electrons. The molecule has 0 bridgehead atoms. The van der Waals surface area contributed by atoms with Gasteiger partial charge in [0.2, 0.25) is 5.88 Å². The van der Waals surface area contributed by atoms with Gasteiger partial charge in [-0.05, 0) is 80.1 Å². The van der Waals surface area contributed by atoms with Gasteiger partial charge in [0.25, 0.3) is 0 Å². The molecule has 4 aromatic rings. The van der Waals surface area contributed by atoms with Gasteiger partial charge >= 0.3 is 18.4 Å². The zero-order chi connectivity index (χ0) is 38.1. The van der Waals surface area contributed by atoms with E-state index in [-0.39, 0.29) is 83.3 Å². The number of alkyl halides is 3. The van der Waals surface area contributed by atoms with Crippen molar-refractivity contribution in [2.75, 3.05) is 51.4 Å². The predicted octanol–water partition coefficient (Wildman–Crippen LogP) is 6.05. The van der Waals surface area contributed by atoms with Crippen LogP contribution in [0.2, 0.25) is 0 Å². The summed E-state index contributed by atoms with van der Waals surface area (Å²) in [5.74, 6) is -0.981. The van der Waals surface area contributed by atoms with Crippen molar-refractivity contribution in [1.82, 2.24) is 30.1 Å². The van der Waals surface area contributed by atoms with Crippen molar-refractivity contribution in [2.45, 2.75) is 75.9 Å². The Morgan fingerprint density at radius 2 is 1.98 bits per heavy atom. The van der Waals surface area contributed by atoms with Gasteiger partial charge < -0.3 is 29.5 Å². The molecule has 1 amide bonds. The summed E-state index contributed by atoms with van der Waals surface area (Å²) in [5.41, 5.74) is -0.397. The molecule has 8 rings (SSSR count). The Bertz CT molecular complexity index is 2140. The number of phenols is 1. The van der Waals surface area contributed by atoms with Crippen molar-refractivity contribution in [3.8, 4) is 28.9 Å². The number of nitrogens with zero attached hydrogens (tertiary/aromatic N) is 6. The Morgan fingerprint density at radius 1 is 1.17 bits per heavy atom. The van der Waals surface area contributed by atoms with Gasteiger partial charge in [-0.25, -0.2) is 23.5 Å². The van der Waals surface area contributed by atoms with Gasteiger partial charge in [0.15, 0.2) is 5.82 Å². The van der Waals surface area contributed by atoms with E-state index in [0.717, 1.165) is 19.3 Å². The molecule has 288 valence electrons. The van der Waals surface area contributed by atoms with Crippen molar-refractivity contribution >= 4 is 33.6 Å². The molecule has 2 aromatic carbocycles. The minimum absolute atomic E-state index is 0.0855. The average molecular weight is 758 g/mol. The molecule has 0 aliphatic carbocycles. The highest BCUT2D eigenvalue weighted by Crippen LogP contribution is 2.45. The first kappa shape index (κ1) is 36.2. The van der Waals surface area contributed by atoms with Crippen LogP contribution in [0, 0.1) is 18.6 Å². The van der Waals surface area contributed by atoms with Crippen LogP contribution in [-0.4, -0.2) is 112 Å². The van der Waals surface area contributed by atoms with E-state index >= 15 is 4.39 Å². The van der Waals surface area contributed by atoms with E-state index in [1.807, 2.05) is 0 Å². The molecule has 12 nitrogen and oxygen atoms in total. The standard InChI is InChI=1S/C37H40F5N7O5/c1-4-21-15-48-23(14-43-21)17-52-33-28-31(29(39)30(44-33)25-13-24(50)12-20-6-7-26(38)19(2)27(20)25)45-34(46-32(28)48)54-18-36-9-5-11-49(36)22(8-10-36)16-53-35(51)47(3)37(40,41)42/h6-7,12-13,21-23,43,50H,4-5,8-11,14-18H2,1-3H3/t21-,22+,23+,36+/m1/s1. The van der Waals surface area contributed by atoms with E-state index in [9.17, 15) is 27.5 Å². The molecule has 0 unspecified atom stereocenters. The SMILES string of the molecule is CC[C@@H]1CN2c3nc(OC[C@@]45CCCN4[C@H](COC(=O)N(C)C(F)(F)F)CC5)nc4c(F)c(-c5cc(O)cc6ccc(F)c(C)c56)nc(c34)OC[C@@H]2CN1. The maximum atomic E-state index is 17.1. The van der Waals surface area contributed by atoms with Gasteiger partial charge in [0.05, 0.1) is 11.6 Å². The van der Waals surface area contributed by atoms with Crippen LogP contribution in [0.25, 0.3) is 32.9 Å². The van der Waals surface area contributed by atoms with Crippen LogP contribution in [0.3, 0.4) is 0 Å². The lowest BCUT2D eigenvalue weighted by Gasteiger charge is -2.39. The first-order chi connectivity index (χ1) is 25.8. The lowest BCUT2D eigenvalue weighted by atomic mass is 9.95. The fraction of sp³-hybridized carbons (Fsp3) is 0.514. The first-order valence-electron chi connectivity index (χ1n) is 18.1. The number of piperazine rings is 1. The summed E-state index contributed by atoms with van der Waals surface area (Å²) < 4.78 is 88.9. The number of anilines is 1. The second-order valence-corrected chi connectivity index (χ2v) is 14.6. The van der Waals surface area contributed by atoms with Crippen LogP contribution < -0.4 is 19.7 Å². The minimum Gasteiger partial charge on any atom is -0.508 e. The number of rotatable bonds is 7. The van der Waals surface area contributed by atoms with Crippen molar-refractivity contribution in [1.29, 1.82) is 0 Å². The summed E-state index contributed by atoms with van der Waals surface area (Å²) in [5, 5.41) is 15.3. The number of benzene rings is 2. The maximum absolute atomic E-state index is 17.1. The summed E-state index contributed by atoms with van der Waals surface area (Å²) in [7, 11) is 0.624. The number of halogens is 5. The normalized spacial score (nSPS) is 23.9. The van der Waals surface area contributed by atoms with Gasteiger partial charge in [-0.1, -0.05) is 13.0 Å². The van der Waals surface area contributed by atoms with Crippen LogP contribution >= 0.6 is 0 Å². The number of aromatic hydroxyl groups is 1. The molecule has 17 heteroatoms. The largest absolute Gasteiger partial charge is 0.508 e. The molecule has 3 fully saturated rings. The Kier molecular flexibility index (Phi) is 9.06. The van der Waals surface area contributed by atoms with Crippen molar-refractivity contribution < 1.29 is 46.1 Å². The van der Waals surface area contributed by atoms with Crippen LogP contribution in [0.15, 0.2) is 24.3 Å². The fourth-order valence-electron chi connectivity index (χ4n) is 8.53. The van der Waals surface area contributed by atoms with Gasteiger partial charge in [-0.15, -0.1) is 13.2 Å². The topological polar surface area (TPSA) is 125 Å². The predicted molar refractivity (Wildman–Crippen MR) is 188 cm³/mol. The molecule has 2 aromatic heterocycles. The average Bonchev–Trinajstić information content (AvgIpc) is 3.67. The van der Waals surface area contributed by atoms with Crippen molar-refractivity contribution in [2.24, 2.45) is 0 Å². The van der Waals surface area contributed by atoms with E-state index in [2.05, 4.69) is 32.0 Å². The highest BCUT2D eigenvalue weighted by atomic mass is 19.4. The number of amides is 1. The molecular formula is C37H40F5N7O5. The Labute approximate surface area is 307 Å². The van der Waals surface area contributed by atoms with Gasteiger partial charge in [-0.2, -0.15) is 9.97 Å². The lowest BCUT2D eigenvalue weighted by molar-refractivity contribution is -0.222. The number of carbonyl (C=O) groups is 1. The fourth-order valence-corrected chi connectivity index (χ4v) is 8.53. The van der Waals surface area contributed by atoms with Crippen LogP contribution in [0.5, 0.6) is 17.6 Å². The summed E-state index contributed by atoms with van der Waals surface area (Å²) >= 11 is 0. The summed E-state index contributed by atoms with van der Waals surface area (Å²) in [4.78, 5) is 30.0. The van der Waals surface area contributed by atoms with Crippen LogP contribution in [-0.2, 0) is 4.74 Å². The number of aromatic nitrogens is 3. The number of ether oxygens (including phenoxy) is 3. The number of aryl methyl sites for hydroxylation is 1. The maximum Gasteiger partial charge on any atom is 0.489 e. The van der Waals surface area contributed by atoms with Gasteiger partial charge in [0.1, 0.15) is 53.8 Å². The van der Waals surface area contributed by atoms with Crippen molar-refractivity contribution in [3.63, 3.8) is 0 Å². The zero-order valence-electron chi connectivity index (χ0n) is 30.0. The third-order valence-corrected chi connectivity index (χ3v) is 11.5. The smallest absolute Gasteiger partial charge is 0.489 e. The van der Waals surface area contributed by atoms with E-state index in [1.165, 1.54) is 24.3 Å². The minimum atomic E-state index is -4.85. The molecule has 54 heavy (non-hydrogen) atoms. The lowest BCUT2D eigenvalue weighted by Crippen LogP contribution is -2.58. The summed E-state index contributed by atoms with van der Waals surface area (Å²) in [6, 6.07) is 5.16. The number of phenolic OH excluding ortho intramolecular Hbond substituents is 1. The number of pyridine rings is 1. The molecule has 4 aliphatic rings. The molecule has 0 spiro atoms. The van der Waals surface area contributed by atoms with E-state index in [0.29, 0.717) is 56.1 Å². The highest BCUT2D eigenvalue weighted by molar-refractivity contribution is 6.03. The molecular weight excluding hydrogens is 717 g/mol. The Balaban J connectivity index is 1.18. The molecule has 6 heterocycles. The summed E-state index contributed by atoms with van der Waals surface area (Å²) in [6.45, 7) is 5.50. The number of hydrogen-bond acceptors (Lipinski definition) is 11. The number of fused-ring (bicyclic) bond motifs is 4. The second-order valence-electron chi connectivity index (χ2n) is 14.6. The van der Waals surface area contributed by atoms with Crippen LogP contribution in [0.1, 0.15) is 44.6 Å². The molecule has 2 N–H and O–H groups in total. The molecule has 4 atom stereocenters. The molecule has 3 saturated heterocycles. The Morgan fingerprint density at radius 3 is 2.76 bits per heavy atom.